The Labute approximate surface area is 178 Å². The average Bonchev–Trinajstić information content (AvgIpc) is 3.12. The van der Waals surface area contributed by atoms with E-state index in [0.717, 1.165) is 42.2 Å². The smallest absolute Gasteiger partial charge is 0.141 e. The van der Waals surface area contributed by atoms with Crippen LogP contribution in [0.2, 0.25) is 0 Å². The molecular formula is C26H28N2O2. The molecule has 4 rings (SSSR count). The van der Waals surface area contributed by atoms with E-state index in [4.69, 9.17) is 14.5 Å². The molecule has 4 nitrogen and oxygen atoms in total. The number of fused-ring (bicyclic) bond motifs is 1. The van der Waals surface area contributed by atoms with Crippen molar-refractivity contribution in [1.82, 2.24) is 9.55 Å². The summed E-state index contributed by atoms with van der Waals surface area (Å²) in [5, 5.41) is 0. The molecule has 0 bridgehead atoms. The van der Waals surface area contributed by atoms with Crippen LogP contribution in [-0.2, 0) is 6.54 Å². The second kappa shape index (κ2) is 9.04. The van der Waals surface area contributed by atoms with Crippen molar-refractivity contribution in [3.05, 3.63) is 77.9 Å². The van der Waals surface area contributed by atoms with Gasteiger partial charge in [0.1, 0.15) is 17.3 Å². The highest BCUT2D eigenvalue weighted by Gasteiger charge is 2.14. The first-order valence-corrected chi connectivity index (χ1v) is 10.5. The molecule has 1 heterocycles. The minimum atomic E-state index is 0.692. The summed E-state index contributed by atoms with van der Waals surface area (Å²) in [6.45, 7) is 5.89. The zero-order valence-corrected chi connectivity index (χ0v) is 17.9. The predicted octanol–water partition coefficient (Wildman–Crippen LogP) is 6.19. The van der Waals surface area contributed by atoms with Gasteiger partial charge in [-0.15, -0.1) is 0 Å². The topological polar surface area (TPSA) is 36.3 Å². The summed E-state index contributed by atoms with van der Waals surface area (Å²) in [4.78, 5) is 4.96. The fraction of sp³-hybridized carbons (Fsp3) is 0.269. The van der Waals surface area contributed by atoms with Gasteiger partial charge in [-0.25, -0.2) is 4.98 Å². The van der Waals surface area contributed by atoms with Gasteiger partial charge in [-0.2, -0.15) is 0 Å². The van der Waals surface area contributed by atoms with Crippen molar-refractivity contribution in [2.45, 2.75) is 33.2 Å². The second-order valence-corrected chi connectivity index (χ2v) is 7.63. The van der Waals surface area contributed by atoms with Crippen molar-refractivity contribution in [3.63, 3.8) is 0 Å². The fourth-order valence-corrected chi connectivity index (χ4v) is 3.81. The largest absolute Gasteiger partial charge is 0.497 e. The summed E-state index contributed by atoms with van der Waals surface area (Å²) in [6, 6.07) is 22.7. The number of para-hydroxylation sites is 2. The molecule has 1 aromatic heterocycles. The number of rotatable bonds is 8. The van der Waals surface area contributed by atoms with Gasteiger partial charge in [0.25, 0.3) is 0 Å². The number of aromatic nitrogens is 2. The summed E-state index contributed by atoms with van der Waals surface area (Å²) in [6.07, 6.45) is 2.00. The SMILES string of the molecule is COc1ccc(OCCCCn2c(-c3ccc(C)cc3C)nc3ccccc32)cc1. The molecular weight excluding hydrogens is 372 g/mol. The van der Waals surface area contributed by atoms with Gasteiger partial charge >= 0.3 is 0 Å². The van der Waals surface area contributed by atoms with Gasteiger partial charge < -0.3 is 14.0 Å². The van der Waals surface area contributed by atoms with Crippen LogP contribution in [0.25, 0.3) is 22.4 Å². The van der Waals surface area contributed by atoms with E-state index in [-0.39, 0.29) is 0 Å². The third-order valence-corrected chi connectivity index (χ3v) is 5.38. The first-order valence-electron chi connectivity index (χ1n) is 10.5. The third kappa shape index (κ3) is 4.33. The summed E-state index contributed by atoms with van der Waals surface area (Å²) in [7, 11) is 1.67. The Morgan fingerprint density at radius 2 is 1.63 bits per heavy atom. The number of hydrogen-bond donors (Lipinski definition) is 0. The molecule has 0 fully saturated rings. The van der Waals surface area contributed by atoms with Gasteiger partial charge in [-0.1, -0.05) is 35.9 Å². The van der Waals surface area contributed by atoms with Gasteiger partial charge in [-0.05, 0) is 68.7 Å². The highest BCUT2D eigenvalue weighted by atomic mass is 16.5. The minimum Gasteiger partial charge on any atom is -0.497 e. The molecule has 3 aromatic carbocycles. The zero-order chi connectivity index (χ0) is 20.9. The van der Waals surface area contributed by atoms with Crippen molar-refractivity contribution in [2.24, 2.45) is 0 Å². The predicted molar refractivity (Wildman–Crippen MR) is 122 cm³/mol. The Morgan fingerprint density at radius 1 is 0.867 bits per heavy atom. The summed E-state index contributed by atoms with van der Waals surface area (Å²) >= 11 is 0. The number of hydrogen-bond acceptors (Lipinski definition) is 3. The monoisotopic (exact) mass is 400 g/mol. The van der Waals surface area contributed by atoms with Crippen LogP contribution >= 0.6 is 0 Å². The van der Waals surface area contributed by atoms with Crippen LogP contribution in [0.4, 0.5) is 0 Å². The molecule has 0 atom stereocenters. The van der Waals surface area contributed by atoms with E-state index in [1.807, 2.05) is 30.3 Å². The number of methoxy groups -OCH3 is 1. The quantitative estimate of drug-likeness (QED) is 0.331. The zero-order valence-electron chi connectivity index (χ0n) is 17.9. The Kier molecular flexibility index (Phi) is 6.03. The molecule has 154 valence electrons. The maximum absolute atomic E-state index is 5.88. The van der Waals surface area contributed by atoms with Crippen LogP contribution in [0.3, 0.4) is 0 Å². The molecule has 0 saturated carbocycles. The fourth-order valence-electron chi connectivity index (χ4n) is 3.81. The molecule has 0 amide bonds. The summed E-state index contributed by atoms with van der Waals surface area (Å²) in [5.41, 5.74) is 5.96. The van der Waals surface area contributed by atoms with Gasteiger partial charge in [-0.3, -0.25) is 0 Å². The number of nitrogens with zero attached hydrogens (tertiary/aromatic N) is 2. The lowest BCUT2D eigenvalue weighted by Gasteiger charge is -2.12. The van der Waals surface area contributed by atoms with E-state index in [1.165, 1.54) is 22.2 Å². The summed E-state index contributed by atoms with van der Waals surface area (Å²) < 4.78 is 13.4. The Hall–Kier alpha value is -3.27. The van der Waals surface area contributed by atoms with Crippen molar-refractivity contribution in [2.75, 3.05) is 13.7 Å². The van der Waals surface area contributed by atoms with Crippen LogP contribution in [0.15, 0.2) is 66.7 Å². The lowest BCUT2D eigenvalue weighted by Crippen LogP contribution is -2.04. The number of ether oxygens (including phenoxy) is 2. The summed E-state index contributed by atoms with van der Waals surface area (Å²) in [5.74, 6) is 2.76. The number of aryl methyl sites for hydroxylation is 3. The highest BCUT2D eigenvalue weighted by molar-refractivity contribution is 5.81. The Balaban J connectivity index is 1.46. The van der Waals surface area contributed by atoms with E-state index in [1.54, 1.807) is 7.11 Å². The first-order chi connectivity index (χ1) is 14.7. The van der Waals surface area contributed by atoms with Gasteiger partial charge in [0.05, 0.1) is 24.8 Å². The van der Waals surface area contributed by atoms with E-state index < -0.39 is 0 Å². The average molecular weight is 401 g/mol. The molecule has 0 aliphatic heterocycles. The second-order valence-electron chi connectivity index (χ2n) is 7.63. The van der Waals surface area contributed by atoms with Crippen molar-refractivity contribution in [1.29, 1.82) is 0 Å². The van der Waals surface area contributed by atoms with Crippen LogP contribution < -0.4 is 9.47 Å². The van der Waals surface area contributed by atoms with Crippen LogP contribution in [0, 0.1) is 13.8 Å². The van der Waals surface area contributed by atoms with Crippen molar-refractivity contribution < 1.29 is 9.47 Å². The first kappa shape index (κ1) is 20.0. The lowest BCUT2D eigenvalue weighted by molar-refractivity contribution is 0.303. The van der Waals surface area contributed by atoms with Crippen LogP contribution in [0.5, 0.6) is 11.5 Å². The van der Waals surface area contributed by atoms with Gasteiger partial charge in [0, 0.05) is 12.1 Å². The molecule has 0 unspecified atom stereocenters. The van der Waals surface area contributed by atoms with Crippen LogP contribution in [-0.4, -0.2) is 23.3 Å². The third-order valence-electron chi connectivity index (χ3n) is 5.38. The molecule has 0 saturated heterocycles. The normalized spacial score (nSPS) is 11.0. The molecule has 0 aliphatic rings. The number of unbranched alkanes of at least 4 members (excludes halogenated alkanes) is 1. The number of benzene rings is 3. The molecule has 0 spiro atoms. The molecule has 4 heteroatoms. The maximum atomic E-state index is 5.88. The molecule has 0 radical (unpaired) electrons. The van der Waals surface area contributed by atoms with Crippen LogP contribution in [0.1, 0.15) is 24.0 Å². The van der Waals surface area contributed by atoms with Crippen molar-refractivity contribution in [3.8, 4) is 22.9 Å². The Bertz CT molecular complexity index is 1130. The number of imidazole rings is 1. The molecule has 0 aliphatic carbocycles. The van der Waals surface area contributed by atoms with Gasteiger partial charge in [0.2, 0.25) is 0 Å². The lowest BCUT2D eigenvalue weighted by atomic mass is 10.1. The molecule has 4 aromatic rings. The molecule has 0 N–H and O–H groups in total. The van der Waals surface area contributed by atoms with E-state index in [0.29, 0.717) is 6.61 Å². The van der Waals surface area contributed by atoms with E-state index in [2.05, 4.69) is 54.8 Å². The van der Waals surface area contributed by atoms with Gasteiger partial charge in [0.15, 0.2) is 0 Å². The maximum Gasteiger partial charge on any atom is 0.141 e. The molecule has 30 heavy (non-hydrogen) atoms. The minimum absolute atomic E-state index is 0.692. The standard InChI is InChI=1S/C26H28N2O2/c1-19-10-15-23(20(2)18-19)26-27-24-8-4-5-9-25(24)28(26)16-6-7-17-30-22-13-11-21(29-3)12-14-22/h4-5,8-15,18H,6-7,16-17H2,1-3H3. The van der Waals surface area contributed by atoms with E-state index in [9.17, 15) is 0 Å². The Morgan fingerprint density at radius 3 is 2.40 bits per heavy atom. The van der Waals surface area contributed by atoms with Crippen molar-refractivity contribution >= 4 is 11.0 Å². The van der Waals surface area contributed by atoms with E-state index >= 15 is 0 Å². The highest BCUT2D eigenvalue weighted by Crippen LogP contribution is 2.28.